The maximum Gasteiger partial charge on any atom is 0.501 e. The van der Waals surface area contributed by atoms with Crippen molar-refractivity contribution < 1.29 is 43.5 Å². The number of alkyl halides is 3. The summed E-state index contributed by atoms with van der Waals surface area (Å²) in [5, 5.41) is 0. The summed E-state index contributed by atoms with van der Waals surface area (Å²) >= 11 is 0. The predicted molar refractivity (Wildman–Crippen MR) is 103 cm³/mol. The minimum absolute atomic E-state index is 0.203. The Morgan fingerprint density at radius 1 is 0.750 bits per heavy atom. The number of ether oxygens (including phenoxy) is 1. The van der Waals surface area contributed by atoms with Crippen molar-refractivity contribution in [2.24, 2.45) is 0 Å². The van der Waals surface area contributed by atoms with E-state index in [9.17, 15) is 38.8 Å². The Bertz CT molecular complexity index is 1360. The van der Waals surface area contributed by atoms with Crippen LogP contribution >= 0.6 is 0 Å². The molecule has 0 bridgehead atoms. The fourth-order valence-electron chi connectivity index (χ4n) is 2.44. The van der Waals surface area contributed by atoms with Crippen molar-refractivity contribution in [3.63, 3.8) is 0 Å². The van der Waals surface area contributed by atoms with E-state index in [1.807, 2.05) is 0 Å². The van der Waals surface area contributed by atoms with Crippen LogP contribution in [0.15, 0.2) is 76.5 Å². The molecule has 0 saturated carbocycles. The summed E-state index contributed by atoms with van der Waals surface area (Å²) in [6.07, 6.45) is 0. The number of benzene rings is 3. The minimum atomic E-state index is -5.81. The Kier molecular flexibility index (Phi) is 6.15. The molecule has 0 aromatic heterocycles. The number of sulfone groups is 1. The van der Waals surface area contributed by atoms with Crippen molar-refractivity contribution in [2.45, 2.75) is 15.3 Å². The summed E-state index contributed by atoms with van der Waals surface area (Å²) in [5.74, 6) is -3.71. The maximum absolute atomic E-state index is 13.5. The summed E-state index contributed by atoms with van der Waals surface area (Å²) in [6, 6.07) is 10.7. The van der Waals surface area contributed by atoms with Crippen LogP contribution in [0.4, 0.5) is 27.6 Å². The predicted octanol–water partition coefficient (Wildman–Crippen LogP) is 4.85. The van der Waals surface area contributed by atoms with Crippen molar-refractivity contribution in [1.29, 1.82) is 0 Å². The third kappa shape index (κ3) is 4.83. The van der Waals surface area contributed by atoms with Crippen LogP contribution in [0.25, 0.3) is 0 Å². The van der Waals surface area contributed by atoms with Gasteiger partial charge in [-0.3, -0.25) is 4.72 Å². The summed E-state index contributed by atoms with van der Waals surface area (Å²) in [6.45, 7) is 0. The van der Waals surface area contributed by atoms with E-state index in [1.54, 1.807) is 6.07 Å². The van der Waals surface area contributed by atoms with E-state index in [4.69, 9.17) is 4.74 Å². The fourth-order valence-corrected chi connectivity index (χ4v) is 4.31. The van der Waals surface area contributed by atoms with Gasteiger partial charge in [-0.25, -0.2) is 25.6 Å². The summed E-state index contributed by atoms with van der Waals surface area (Å²) in [7, 11) is -10.1. The van der Waals surface area contributed by atoms with E-state index in [2.05, 4.69) is 4.72 Å². The molecule has 0 saturated heterocycles. The molecule has 3 aromatic rings. The average molecular weight is 493 g/mol. The Morgan fingerprint density at radius 2 is 1.41 bits per heavy atom. The van der Waals surface area contributed by atoms with E-state index in [0.29, 0.717) is 24.3 Å². The number of rotatable bonds is 6. The summed E-state index contributed by atoms with van der Waals surface area (Å²) in [5.41, 5.74) is -6.09. The molecule has 1 N–H and O–H groups in total. The summed E-state index contributed by atoms with van der Waals surface area (Å²) < 4.78 is 121. The molecule has 3 aromatic carbocycles. The van der Waals surface area contributed by atoms with Crippen molar-refractivity contribution in [3.8, 4) is 11.5 Å². The SMILES string of the molecule is O=S(=O)(Nc1ccc(S(=O)(=O)C(F)(F)F)cc1Oc1ccc(F)c(F)c1)c1ccccc1. The van der Waals surface area contributed by atoms with E-state index in [-0.39, 0.29) is 4.90 Å². The number of halogens is 5. The highest BCUT2D eigenvalue weighted by Gasteiger charge is 2.47. The second-order valence-corrected chi connectivity index (χ2v) is 9.83. The highest BCUT2D eigenvalue weighted by Crippen LogP contribution is 2.37. The van der Waals surface area contributed by atoms with E-state index in [1.165, 1.54) is 24.3 Å². The first-order valence-electron chi connectivity index (χ1n) is 8.47. The van der Waals surface area contributed by atoms with E-state index >= 15 is 0 Å². The van der Waals surface area contributed by atoms with Gasteiger partial charge in [-0.05, 0) is 36.4 Å². The normalized spacial score (nSPS) is 12.4. The van der Waals surface area contributed by atoms with Crippen LogP contribution in [0.2, 0.25) is 0 Å². The van der Waals surface area contributed by atoms with Crippen molar-refractivity contribution in [3.05, 3.63) is 78.4 Å². The van der Waals surface area contributed by atoms with Gasteiger partial charge in [0, 0.05) is 12.1 Å². The van der Waals surface area contributed by atoms with Crippen LogP contribution in [-0.2, 0) is 19.9 Å². The van der Waals surface area contributed by atoms with Gasteiger partial charge < -0.3 is 4.74 Å². The molecular formula is C19H12F5NO5S2. The molecule has 0 heterocycles. The maximum atomic E-state index is 13.5. The van der Waals surface area contributed by atoms with Gasteiger partial charge in [-0.15, -0.1) is 0 Å². The average Bonchev–Trinajstić information content (AvgIpc) is 2.71. The second-order valence-electron chi connectivity index (χ2n) is 6.20. The first-order valence-corrected chi connectivity index (χ1v) is 11.4. The van der Waals surface area contributed by atoms with Crippen molar-refractivity contribution >= 4 is 25.5 Å². The molecule has 0 amide bonds. The first kappa shape index (κ1) is 23.5. The molecule has 3 rings (SSSR count). The van der Waals surface area contributed by atoms with Crippen LogP contribution in [0.5, 0.6) is 11.5 Å². The van der Waals surface area contributed by atoms with Crippen LogP contribution in [0.1, 0.15) is 0 Å². The molecule has 170 valence electrons. The molecule has 0 atom stereocenters. The lowest BCUT2D eigenvalue weighted by Crippen LogP contribution is -2.23. The van der Waals surface area contributed by atoms with Crippen LogP contribution in [0, 0.1) is 11.6 Å². The first-order chi connectivity index (χ1) is 14.8. The lowest BCUT2D eigenvalue weighted by molar-refractivity contribution is -0.0436. The van der Waals surface area contributed by atoms with Crippen LogP contribution in [0.3, 0.4) is 0 Å². The number of hydrogen-bond acceptors (Lipinski definition) is 5. The van der Waals surface area contributed by atoms with Crippen LogP contribution < -0.4 is 9.46 Å². The smallest absolute Gasteiger partial charge is 0.455 e. The lowest BCUT2D eigenvalue weighted by atomic mass is 10.3. The monoisotopic (exact) mass is 493 g/mol. The van der Waals surface area contributed by atoms with E-state index < -0.39 is 59.1 Å². The Morgan fingerprint density at radius 3 is 2.00 bits per heavy atom. The quantitative estimate of drug-likeness (QED) is 0.496. The van der Waals surface area contributed by atoms with Crippen molar-refractivity contribution in [2.75, 3.05) is 4.72 Å². The number of sulfonamides is 1. The molecular weight excluding hydrogens is 481 g/mol. The standard InChI is InChI=1S/C19H12F5NO5S2/c20-15-8-6-12(10-16(15)21)30-18-11-14(31(26,27)19(22,23)24)7-9-17(18)25-32(28,29)13-4-2-1-3-5-13/h1-11,25H. The second kappa shape index (κ2) is 8.39. The van der Waals surface area contributed by atoms with Gasteiger partial charge in [-0.2, -0.15) is 13.2 Å². The van der Waals surface area contributed by atoms with Gasteiger partial charge >= 0.3 is 5.51 Å². The molecule has 13 heteroatoms. The molecule has 6 nitrogen and oxygen atoms in total. The van der Waals surface area contributed by atoms with Gasteiger partial charge in [0.15, 0.2) is 17.4 Å². The largest absolute Gasteiger partial charge is 0.501 e. The number of anilines is 1. The Balaban J connectivity index is 2.10. The Hall–Kier alpha value is -3.19. The molecule has 0 spiro atoms. The zero-order chi connectivity index (χ0) is 23.7. The lowest BCUT2D eigenvalue weighted by Gasteiger charge is -2.16. The summed E-state index contributed by atoms with van der Waals surface area (Å²) in [4.78, 5) is -1.45. The highest BCUT2D eigenvalue weighted by molar-refractivity contribution is 7.93. The number of hydrogen-bond donors (Lipinski definition) is 1. The molecule has 0 unspecified atom stereocenters. The third-order valence-corrected chi connectivity index (χ3v) is 6.85. The number of nitrogens with one attached hydrogen (secondary N) is 1. The zero-order valence-corrected chi connectivity index (χ0v) is 17.2. The van der Waals surface area contributed by atoms with Gasteiger partial charge in [0.1, 0.15) is 5.75 Å². The fraction of sp³-hybridized carbons (Fsp3) is 0.0526. The van der Waals surface area contributed by atoms with Gasteiger partial charge in [0.05, 0.1) is 15.5 Å². The van der Waals surface area contributed by atoms with Crippen molar-refractivity contribution in [1.82, 2.24) is 0 Å². The molecule has 0 aliphatic heterocycles. The van der Waals surface area contributed by atoms with Crippen LogP contribution in [-0.4, -0.2) is 22.3 Å². The highest BCUT2D eigenvalue weighted by atomic mass is 32.2. The zero-order valence-electron chi connectivity index (χ0n) is 15.6. The van der Waals surface area contributed by atoms with Gasteiger partial charge in [-0.1, -0.05) is 18.2 Å². The Labute approximate surface area is 179 Å². The molecule has 0 radical (unpaired) electrons. The van der Waals surface area contributed by atoms with E-state index in [0.717, 1.165) is 12.1 Å². The molecule has 0 aliphatic carbocycles. The molecule has 32 heavy (non-hydrogen) atoms. The minimum Gasteiger partial charge on any atom is -0.455 e. The van der Waals surface area contributed by atoms with Gasteiger partial charge in [0.25, 0.3) is 19.9 Å². The molecule has 0 fully saturated rings. The topological polar surface area (TPSA) is 89.5 Å². The van der Waals surface area contributed by atoms with Gasteiger partial charge in [0.2, 0.25) is 0 Å². The third-order valence-electron chi connectivity index (χ3n) is 3.98. The molecule has 0 aliphatic rings.